The van der Waals surface area contributed by atoms with Gasteiger partial charge in [0.2, 0.25) is 0 Å². The summed E-state index contributed by atoms with van der Waals surface area (Å²) in [5, 5.41) is 8.84. The molecular weight excluding hydrogens is 234 g/mol. The van der Waals surface area contributed by atoms with Crippen LogP contribution in [0.2, 0.25) is 0 Å². The molecule has 0 aliphatic rings. The average molecular weight is 247 g/mol. The van der Waals surface area contributed by atoms with Crippen molar-refractivity contribution in [3.05, 3.63) is 53.0 Å². The van der Waals surface area contributed by atoms with Gasteiger partial charge in [-0.2, -0.15) is 0 Å². The van der Waals surface area contributed by atoms with Crippen LogP contribution in [0.3, 0.4) is 0 Å². The lowest BCUT2D eigenvalue weighted by atomic mass is 10.2. The molecule has 6 heteroatoms. The zero-order valence-corrected chi connectivity index (χ0v) is 9.69. The number of hydrogen-bond donors (Lipinski definition) is 1. The highest BCUT2D eigenvalue weighted by atomic mass is 16.4. The van der Waals surface area contributed by atoms with E-state index in [0.717, 1.165) is 13.0 Å². The fraction of sp³-hybridized carbons (Fsp3) is 0.250. The highest BCUT2D eigenvalue weighted by Gasteiger charge is 2.07. The van der Waals surface area contributed by atoms with E-state index in [1.165, 1.54) is 12.3 Å². The fourth-order valence-corrected chi connectivity index (χ4v) is 1.68. The summed E-state index contributed by atoms with van der Waals surface area (Å²) in [6.45, 7) is 1.45. The van der Waals surface area contributed by atoms with Gasteiger partial charge >= 0.3 is 5.97 Å². The summed E-state index contributed by atoms with van der Waals surface area (Å²) in [6.07, 6.45) is 9.11. The summed E-state index contributed by atoms with van der Waals surface area (Å²) < 4.78 is 3.66. The average Bonchev–Trinajstić information content (AvgIpc) is 2.84. The quantitative estimate of drug-likeness (QED) is 0.849. The van der Waals surface area contributed by atoms with Crippen LogP contribution in [0.25, 0.3) is 0 Å². The number of carboxylic acid groups (broad SMARTS) is 1. The van der Waals surface area contributed by atoms with Crippen LogP contribution < -0.4 is 5.43 Å². The van der Waals surface area contributed by atoms with Crippen molar-refractivity contribution >= 4 is 5.97 Å². The maximum absolute atomic E-state index is 11.3. The zero-order chi connectivity index (χ0) is 13.0. The SMILES string of the molecule is O=C(O)c1cn(CCCn2ccnc2)ccc1=O. The van der Waals surface area contributed by atoms with Crippen molar-refractivity contribution in [1.82, 2.24) is 14.1 Å². The van der Waals surface area contributed by atoms with Crippen LogP contribution in [-0.4, -0.2) is 25.2 Å². The van der Waals surface area contributed by atoms with E-state index in [-0.39, 0.29) is 5.56 Å². The van der Waals surface area contributed by atoms with Gasteiger partial charge in [-0.1, -0.05) is 0 Å². The van der Waals surface area contributed by atoms with E-state index >= 15 is 0 Å². The van der Waals surface area contributed by atoms with Gasteiger partial charge < -0.3 is 14.2 Å². The molecule has 0 aromatic carbocycles. The molecule has 0 unspecified atom stereocenters. The number of nitrogens with zero attached hydrogens (tertiary/aromatic N) is 3. The van der Waals surface area contributed by atoms with Gasteiger partial charge in [0.05, 0.1) is 6.33 Å². The van der Waals surface area contributed by atoms with Crippen molar-refractivity contribution < 1.29 is 9.90 Å². The first-order chi connectivity index (χ1) is 8.66. The van der Waals surface area contributed by atoms with Crippen molar-refractivity contribution in [1.29, 1.82) is 0 Å². The Morgan fingerprint density at radius 2 is 2.06 bits per heavy atom. The Bertz CT molecular complexity index is 587. The second-order valence-electron chi connectivity index (χ2n) is 3.92. The van der Waals surface area contributed by atoms with Crippen molar-refractivity contribution in [2.75, 3.05) is 0 Å². The van der Waals surface area contributed by atoms with E-state index in [2.05, 4.69) is 4.98 Å². The maximum atomic E-state index is 11.3. The first-order valence-electron chi connectivity index (χ1n) is 5.56. The van der Waals surface area contributed by atoms with Crippen LogP contribution in [0.15, 0.2) is 42.0 Å². The lowest BCUT2D eigenvalue weighted by Gasteiger charge is -2.07. The number of aryl methyl sites for hydroxylation is 2. The van der Waals surface area contributed by atoms with Crippen molar-refractivity contribution in [3.8, 4) is 0 Å². The molecule has 2 aromatic rings. The first kappa shape index (κ1) is 12.1. The van der Waals surface area contributed by atoms with Gasteiger partial charge in [-0.25, -0.2) is 9.78 Å². The van der Waals surface area contributed by atoms with E-state index in [1.807, 2.05) is 10.8 Å². The Labute approximate surface area is 103 Å². The normalized spacial score (nSPS) is 10.4. The van der Waals surface area contributed by atoms with Crippen LogP contribution >= 0.6 is 0 Å². The lowest BCUT2D eigenvalue weighted by molar-refractivity contribution is 0.0694. The van der Waals surface area contributed by atoms with E-state index in [0.29, 0.717) is 6.54 Å². The number of aromatic carboxylic acids is 1. The minimum atomic E-state index is -1.19. The molecule has 1 N–H and O–H groups in total. The van der Waals surface area contributed by atoms with Crippen molar-refractivity contribution in [2.45, 2.75) is 19.5 Å². The zero-order valence-electron chi connectivity index (χ0n) is 9.69. The number of pyridine rings is 1. The predicted molar refractivity (Wildman–Crippen MR) is 64.5 cm³/mol. The molecule has 2 aromatic heterocycles. The summed E-state index contributed by atoms with van der Waals surface area (Å²) in [7, 11) is 0. The largest absolute Gasteiger partial charge is 0.477 e. The topological polar surface area (TPSA) is 77.1 Å². The fourth-order valence-electron chi connectivity index (χ4n) is 1.68. The molecule has 0 bridgehead atoms. The molecule has 0 atom stereocenters. The number of imidazole rings is 1. The molecule has 0 amide bonds. The minimum absolute atomic E-state index is 0.194. The summed E-state index contributed by atoms with van der Waals surface area (Å²) in [5.74, 6) is -1.19. The molecule has 6 nitrogen and oxygen atoms in total. The smallest absolute Gasteiger partial charge is 0.341 e. The van der Waals surface area contributed by atoms with E-state index < -0.39 is 11.4 Å². The van der Waals surface area contributed by atoms with E-state index in [9.17, 15) is 9.59 Å². The van der Waals surface area contributed by atoms with Gasteiger partial charge in [0.25, 0.3) is 0 Å². The van der Waals surface area contributed by atoms with Crippen LogP contribution in [0.1, 0.15) is 16.8 Å². The second-order valence-corrected chi connectivity index (χ2v) is 3.92. The monoisotopic (exact) mass is 247 g/mol. The highest BCUT2D eigenvalue weighted by Crippen LogP contribution is 1.98. The Balaban J connectivity index is 1.99. The third-order valence-electron chi connectivity index (χ3n) is 2.60. The number of aromatic nitrogens is 3. The molecular formula is C12H13N3O3. The van der Waals surface area contributed by atoms with E-state index in [4.69, 9.17) is 5.11 Å². The molecule has 18 heavy (non-hydrogen) atoms. The molecule has 2 heterocycles. The molecule has 0 saturated heterocycles. The molecule has 0 saturated carbocycles. The van der Waals surface area contributed by atoms with Crippen LogP contribution in [0, 0.1) is 0 Å². The Morgan fingerprint density at radius 1 is 1.28 bits per heavy atom. The van der Waals surface area contributed by atoms with Crippen LogP contribution in [0.5, 0.6) is 0 Å². The summed E-state index contributed by atoms with van der Waals surface area (Å²) in [5.41, 5.74) is -0.659. The van der Waals surface area contributed by atoms with Gasteiger partial charge in [0.1, 0.15) is 5.56 Å². The van der Waals surface area contributed by atoms with Gasteiger partial charge in [0.15, 0.2) is 5.43 Å². The number of rotatable bonds is 5. The molecule has 0 fully saturated rings. The first-order valence-corrected chi connectivity index (χ1v) is 5.56. The standard InChI is InChI=1S/C12H13N3O3/c16-11-2-6-14(8-10(11)12(17)18)4-1-5-15-7-3-13-9-15/h2-3,6-9H,1,4-5H2,(H,17,18). The Kier molecular flexibility index (Phi) is 3.57. The highest BCUT2D eigenvalue weighted by molar-refractivity contribution is 5.86. The summed E-state index contributed by atoms with van der Waals surface area (Å²) in [4.78, 5) is 26.0. The van der Waals surface area contributed by atoms with Crippen LogP contribution in [-0.2, 0) is 13.1 Å². The van der Waals surface area contributed by atoms with Gasteiger partial charge in [-0.15, -0.1) is 0 Å². The molecule has 0 aliphatic heterocycles. The summed E-state index contributed by atoms with van der Waals surface area (Å²) in [6, 6.07) is 1.28. The maximum Gasteiger partial charge on any atom is 0.341 e. The Hall–Kier alpha value is -2.37. The van der Waals surface area contributed by atoms with E-state index in [1.54, 1.807) is 23.3 Å². The molecule has 2 rings (SSSR count). The third-order valence-corrected chi connectivity index (χ3v) is 2.60. The van der Waals surface area contributed by atoms with Crippen LogP contribution in [0.4, 0.5) is 0 Å². The Morgan fingerprint density at radius 3 is 2.72 bits per heavy atom. The third kappa shape index (κ3) is 2.85. The number of hydrogen-bond acceptors (Lipinski definition) is 3. The molecule has 0 aliphatic carbocycles. The van der Waals surface area contributed by atoms with Crippen molar-refractivity contribution in [2.24, 2.45) is 0 Å². The predicted octanol–water partition coefficient (Wildman–Crippen LogP) is 0.833. The lowest BCUT2D eigenvalue weighted by Crippen LogP contribution is -2.16. The molecule has 94 valence electrons. The van der Waals surface area contributed by atoms with Gasteiger partial charge in [-0.05, 0) is 6.42 Å². The number of carbonyl (C=O) groups is 1. The number of carboxylic acids is 1. The second kappa shape index (κ2) is 5.31. The van der Waals surface area contributed by atoms with Crippen molar-refractivity contribution in [3.63, 3.8) is 0 Å². The van der Waals surface area contributed by atoms with Gasteiger partial charge in [-0.3, -0.25) is 4.79 Å². The molecule has 0 spiro atoms. The molecule has 0 radical (unpaired) electrons. The summed E-state index contributed by atoms with van der Waals surface area (Å²) >= 11 is 0. The minimum Gasteiger partial charge on any atom is -0.477 e. The van der Waals surface area contributed by atoms with Gasteiger partial charge in [0, 0.05) is 43.9 Å².